The second-order valence-corrected chi connectivity index (χ2v) is 4.75. The average molecular weight is 307 g/mol. The van der Waals surface area contributed by atoms with Gasteiger partial charge in [-0.25, -0.2) is 0 Å². The van der Waals surface area contributed by atoms with Gasteiger partial charge < -0.3 is 9.88 Å². The van der Waals surface area contributed by atoms with Crippen molar-refractivity contribution in [3.63, 3.8) is 0 Å². The van der Waals surface area contributed by atoms with Crippen LogP contribution in [0.3, 0.4) is 0 Å². The van der Waals surface area contributed by atoms with Crippen LogP contribution in [0.15, 0.2) is 41.2 Å². The highest BCUT2D eigenvalue weighted by atomic mass is 19.4. The molecule has 0 saturated heterocycles. The molecule has 7 heteroatoms. The Kier molecular flexibility index (Phi) is 4.22. The molecule has 1 aromatic heterocycles. The number of pyridine rings is 1. The maximum atomic E-state index is 13.0. The predicted molar refractivity (Wildman–Crippen MR) is 75.3 cm³/mol. The number of hydrogen-bond donors (Lipinski definition) is 1. The third kappa shape index (κ3) is 3.47. The summed E-state index contributed by atoms with van der Waals surface area (Å²) >= 11 is 0. The van der Waals surface area contributed by atoms with E-state index in [2.05, 4.69) is 0 Å². The van der Waals surface area contributed by atoms with Crippen molar-refractivity contribution in [3.8, 4) is 6.07 Å². The lowest BCUT2D eigenvalue weighted by Crippen LogP contribution is -2.24. The van der Waals surface area contributed by atoms with E-state index in [4.69, 9.17) is 5.26 Å². The average Bonchev–Trinajstić information content (AvgIpc) is 2.46. The smallest absolute Gasteiger partial charge is 0.369 e. The second kappa shape index (κ2) is 5.93. The van der Waals surface area contributed by atoms with E-state index in [0.717, 1.165) is 12.1 Å². The predicted octanol–water partition coefficient (Wildman–Crippen LogP) is 2.90. The molecule has 1 N–H and O–H groups in total. The number of anilines is 1. The van der Waals surface area contributed by atoms with E-state index in [1.807, 2.05) is 11.1 Å². The van der Waals surface area contributed by atoms with Crippen LogP contribution in [0.1, 0.15) is 16.8 Å². The van der Waals surface area contributed by atoms with E-state index in [0.29, 0.717) is 11.1 Å². The van der Waals surface area contributed by atoms with Crippen LogP contribution in [0.4, 0.5) is 18.9 Å². The van der Waals surface area contributed by atoms with Crippen LogP contribution in [0.2, 0.25) is 0 Å². The summed E-state index contributed by atoms with van der Waals surface area (Å²) in [4.78, 5) is 14.3. The molecule has 2 rings (SSSR count). The summed E-state index contributed by atoms with van der Waals surface area (Å²) in [7, 11) is 1.49. The SMILES string of the molecule is CN(Cc1cccc(C#N)c1)c1ccc(=O)[nH]c1C(F)(F)F. The Morgan fingerprint density at radius 2 is 2.00 bits per heavy atom. The standard InChI is InChI=1S/C15H12F3N3O/c1-21(9-11-4-2-3-10(7-11)8-19)12-5-6-13(22)20-14(12)15(16,17)18/h2-7H,9H2,1H3,(H,20,22). The highest BCUT2D eigenvalue weighted by Crippen LogP contribution is 2.34. The van der Waals surface area contributed by atoms with Gasteiger partial charge in [-0.1, -0.05) is 12.1 Å². The molecule has 0 fully saturated rings. The number of aromatic nitrogens is 1. The molecule has 0 amide bonds. The molecule has 0 saturated carbocycles. The van der Waals surface area contributed by atoms with Gasteiger partial charge in [-0.15, -0.1) is 0 Å². The summed E-state index contributed by atoms with van der Waals surface area (Å²) in [6.07, 6.45) is -4.65. The summed E-state index contributed by atoms with van der Waals surface area (Å²) in [5.74, 6) is 0. The zero-order valence-electron chi connectivity index (χ0n) is 11.6. The lowest BCUT2D eigenvalue weighted by atomic mass is 10.1. The van der Waals surface area contributed by atoms with Crippen molar-refractivity contribution in [1.29, 1.82) is 5.26 Å². The van der Waals surface area contributed by atoms with E-state index in [1.165, 1.54) is 11.9 Å². The van der Waals surface area contributed by atoms with Gasteiger partial charge in [0, 0.05) is 19.7 Å². The Balaban J connectivity index is 2.35. The van der Waals surface area contributed by atoms with Gasteiger partial charge in [-0.05, 0) is 23.8 Å². The van der Waals surface area contributed by atoms with Crippen LogP contribution in [0.25, 0.3) is 0 Å². The van der Waals surface area contributed by atoms with Crippen molar-refractivity contribution in [3.05, 3.63) is 63.6 Å². The first kappa shape index (κ1) is 15.6. The molecule has 0 radical (unpaired) electrons. The fraction of sp³-hybridized carbons (Fsp3) is 0.200. The number of benzene rings is 1. The minimum atomic E-state index is -4.65. The summed E-state index contributed by atoms with van der Waals surface area (Å²) in [6.45, 7) is 0.171. The van der Waals surface area contributed by atoms with Crippen molar-refractivity contribution < 1.29 is 13.2 Å². The Morgan fingerprint density at radius 3 is 2.64 bits per heavy atom. The molecule has 0 aliphatic carbocycles. The molecular weight excluding hydrogens is 295 g/mol. The van der Waals surface area contributed by atoms with Crippen molar-refractivity contribution in [2.75, 3.05) is 11.9 Å². The minimum Gasteiger partial charge on any atom is -0.369 e. The summed E-state index contributed by atoms with van der Waals surface area (Å²) < 4.78 is 39.0. The number of nitrogens with one attached hydrogen (secondary N) is 1. The first-order chi connectivity index (χ1) is 10.3. The number of rotatable bonds is 3. The summed E-state index contributed by atoms with van der Waals surface area (Å²) in [5.41, 5.74) is -0.895. The Morgan fingerprint density at radius 1 is 1.27 bits per heavy atom. The topological polar surface area (TPSA) is 59.9 Å². The molecule has 0 spiro atoms. The number of hydrogen-bond acceptors (Lipinski definition) is 3. The molecule has 0 aliphatic heterocycles. The monoisotopic (exact) mass is 307 g/mol. The molecular formula is C15H12F3N3O. The van der Waals surface area contributed by atoms with Gasteiger partial charge in [0.1, 0.15) is 5.69 Å². The zero-order chi connectivity index (χ0) is 16.3. The lowest BCUT2D eigenvalue weighted by Gasteiger charge is -2.23. The molecule has 0 atom stereocenters. The number of aromatic amines is 1. The van der Waals surface area contributed by atoms with Gasteiger partial charge in [0.25, 0.3) is 0 Å². The van der Waals surface area contributed by atoms with Crippen molar-refractivity contribution in [2.45, 2.75) is 12.7 Å². The van der Waals surface area contributed by atoms with Crippen LogP contribution in [-0.4, -0.2) is 12.0 Å². The molecule has 1 heterocycles. The van der Waals surface area contributed by atoms with Crippen molar-refractivity contribution in [1.82, 2.24) is 4.98 Å². The normalized spacial score (nSPS) is 11.0. The molecule has 22 heavy (non-hydrogen) atoms. The van der Waals surface area contributed by atoms with Crippen LogP contribution < -0.4 is 10.5 Å². The number of halogens is 3. The first-order valence-electron chi connectivity index (χ1n) is 6.32. The third-order valence-corrected chi connectivity index (χ3v) is 3.07. The van der Waals surface area contributed by atoms with E-state index in [-0.39, 0.29) is 12.2 Å². The van der Waals surface area contributed by atoms with Crippen LogP contribution >= 0.6 is 0 Å². The molecule has 0 bridgehead atoms. The third-order valence-electron chi connectivity index (χ3n) is 3.07. The molecule has 114 valence electrons. The van der Waals surface area contributed by atoms with Gasteiger partial charge in [0.05, 0.1) is 17.3 Å². The number of nitrogens with zero attached hydrogens (tertiary/aromatic N) is 2. The van der Waals surface area contributed by atoms with E-state index in [9.17, 15) is 18.0 Å². The van der Waals surface area contributed by atoms with Gasteiger partial charge in [0.15, 0.2) is 0 Å². The Labute approximate surface area is 124 Å². The van der Waals surface area contributed by atoms with Crippen LogP contribution in [0, 0.1) is 11.3 Å². The van der Waals surface area contributed by atoms with E-state index < -0.39 is 17.4 Å². The fourth-order valence-electron chi connectivity index (χ4n) is 2.10. The molecule has 0 unspecified atom stereocenters. The second-order valence-electron chi connectivity index (χ2n) is 4.75. The summed E-state index contributed by atoms with van der Waals surface area (Å²) in [5, 5.41) is 8.84. The Hall–Kier alpha value is -2.75. The summed E-state index contributed by atoms with van der Waals surface area (Å²) in [6, 6.07) is 10.8. The van der Waals surface area contributed by atoms with Crippen LogP contribution in [0.5, 0.6) is 0 Å². The molecule has 4 nitrogen and oxygen atoms in total. The van der Waals surface area contributed by atoms with Crippen molar-refractivity contribution >= 4 is 5.69 Å². The fourth-order valence-corrected chi connectivity index (χ4v) is 2.10. The lowest BCUT2D eigenvalue weighted by molar-refractivity contribution is -0.140. The molecule has 1 aromatic carbocycles. The van der Waals surface area contributed by atoms with Crippen molar-refractivity contribution in [2.24, 2.45) is 0 Å². The number of nitriles is 1. The number of alkyl halides is 3. The Bertz CT molecular complexity index is 775. The maximum Gasteiger partial charge on any atom is 0.433 e. The van der Waals surface area contributed by atoms with Gasteiger partial charge in [-0.3, -0.25) is 4.79 Å². The van der Waals surface area contributed by atoms with Crippen LogP contribution in [-0.2, 0) is 12.7 Å². The molecule has 0 aliphatic rings. The highest BCUT2D eigenvalue weighted by Gasteiger charge is 2.35. The number of H-pyrrole nitrogens is 1. The largest absolute Gasteiger partial charge is 0.433 e. The van der Waals surface area contributed by atoms with Gasteiger partial charge >= 0.3 is 6.18 Å². The van der Waals surface area contributed by atoms with E-state index in [1.54, 1.807) is 24.3 Å². The quantitative estimate of drug-likeness (QED) is 0.948. The zero-order valence-corrected chi connectivity index (χ0v) is 11.6. The van der Waals surface area contributed by atoms with E-state index >= 15 is 0 Å². The van der Waals surface area contributed by atoms with Gasteiger partial charge in [-0.2, -0.15) is 18.4 Å². The maximum absolute atomic E-state index is 13.0. The minimum absolute atomic E-state index is 0.130. The highest BCUT2D eigenvalue weighted by molar-refractivity contribution is 5.51. The first-order valence-corrected chi connectivity index (χ1v) is 6.32. The molecule has 2 aromatic rings. The van der Waals surface area contributed by atoms with Gasteiger partial charge in [0.2, 0.25) is 5.56 Å².